The van der Waals surface area contributed by atoms with Crippen LogP contribution >= 0.6 is 0 Å². The number of pyridine rings is 2. The molecule has 4 aromatic rings. The van der Waals surface area contributed by atoms with E-state index in [0.717, 1.165) is 5.56 Å². The molecule has 0 aliphatic rings. The average Bonchev–Trinajstić information content (AvgIpc) is 3.13. The van der Waals surface area contributed by atoms with Gasteiger partial charge in [-0.2, -0.15) is 10.4 Å². The summed E-state index contributed by atoms with van der Waals surface area (Å²) in [4.78, 5) is 31.3. The van der Waals surface area contributed by atoms with Gasteiger partial charge in [0.15, 0.2) is 5.82 Å². The third-order valence-corrected chi connectivity index (χ3v) is 3.99. The Morgan fingerprint density at radius 2 is 1.96 bits per heavy atom. The summed E-state index contributed by atoms with van der Waals surface area (Å²) < 4.78 is 1.44. The van der Waals surface area contributed by atoms with Gasteiger partial charge in [0.05, 0.1) is 17.4 Å². The second kappa shape index (κ2) is 6.14. The highest BCUT2D eigenvalue weighted by Gasteiger charge is 2.10. The van der Waals surface area contributed by atoms with E-state index in [0.29, 0.717) is 17.2 Å². The van der Waals surface area contributed by atoms with Gasteiger partial charge in [-0.25, -0.2) is 4.98 Å². The van der Waals surface area contributed by atoms with Crippen molar-refractivity contribution in [1.82, 2.24) is 24.7 Å². The lowest BCUT2D eigenvalue weighted by atomic mass is 10.2. The van der Waals surface area contributed by atoms with E-state index in [-0.39, 0.29) is 23.1 Å². The molecule has 0 amide bonds. The normalized spacial score (nSPS) is 10.7. The van der Waals surface area contributed by atoms with Gasteiger partial charge in [-0.1, -0.05) is 30.3 Å². The van der Waals surface area contributed by atoms with E-state index in [1.165, 1.54) is 10.6 Å². The Labute approximate surface area is 146 Å². The lowest BCUT2D eigenvalue weighted by Gasteiger charge is -2.05. The van der Waals surface area contributed by atoms with Gasteiger partial charge in [0.2, 0.25) is 0 Å². The van der Waals surface area contributed by atoms with Crippen LogP contribution in [-0.4, -0.2) is 24.7 Å². The van der Waals surface area contributed by atoms with Crippen LogP contribution in [0.15, 0.2) is 58.3 Å². The Kier molecular flexibility index (Phi) is 3.67. The van der Waals surface area contributed by atoms with Crippen molar-refractivity contribution >= 4 is 10.9 Å². The Morgan fingerprint density at radius 1 is 1.15 bits per heavy atom. The van der Waals surface area contributed by atoms with Crippen LogP contribution < -0.4 is 11.1 Å². The topological polar surface area (TPSA) is 120 Å². The van der Waals surface area contributed by atoms with Crippen molar-refractivity contribution in [2.45, 2.75) is 6.54 Å². The number of hydrogen-bond donors (Lipinski definition) is 2. The molecule has 0 aliphatic heterocycles. The number of benzene rings is 1. The largest absolute Gasteiger partial charge is 0.321 e. The number of aromatic amines is 2. The van der Waals surface area contributed by atoms with Gasteiger partial charge in [0, 0.05) is 11.8 Å². The third kappa shape index (κ3) is 2.67. The van der Waals surface area contributed by atoms with E-state index < -0.39 is 5.56 Å². The Bertz CT molecular complexity index is 1260. The van der Waals surface area contributed by atoms with Crippen LogP contribution in [-0.2, 0) is 6.54 Å². The summed E-state index contributed by atoms with van der Waals surface area (Å²) in [5, 5.41) is 16.3. The fourth-order valence-corrected chi connectivity index (χ4v) is 2.69. The molecule has 3 aromatic heterocycles. The van der Waals surface area contributed by atoms with Crippen LogP contribution in [0.5, 0.6) is 0 Å². The first-order valence-electron chi connectivity index (χ1n) is 7.79. The van der Waals surface area contributed by atoms with Gasteiger partial charge < -0.3 is 9.55 Å². The Balaban J connectivity index is 1.72. The molecule has 0 saturated carbocycles. The fraction of sp³-hybridized carbons (Fsp3) is 0.0556. The number of aromatic nitrogens is 5. The molecule has 0 fully saturated rings. The minimum absolute atomic E-state index is 0.0987. The maximum absolute atomic E-state index is 12.7. The molecule has 0 radical (unpaired) electrons. The summed E-state index contributed by atoms with van der Waals surface area (Å²) in [6, 6.07) is 14.2. The van der Waals surface area contributed by atoms with E-state index in [1.807, 2.05) is 30.3 Å². The molecule has 1 aromatic carbocycles. The highest BCUT2D eigenvalue weighted by atomic mass is 16.1. The van der Waals surface area contributed by atoms with Crippen molar-refractivity contribution in [3.05, 3.63) is 80.8 Å². The second-order valence-electron chi connectivity index (χ2n) is 5.67. The predicted molar refractivity (Wildman–Crippen MR) is 94.5 cm³/mol. The lowest BCUT2D eigenvalue weighted by molar-refractivity contribution is 0.724. The molecular weight excluding hydrogens is 332 g/mol. The van der Waals surface area contributed by atoms with Crippen molar-refractivity contribution in [1.29, 1.82) is 5.26 Å². The number of nitrogens with zero attached hydrogens (tertiary/aromatic N) is 4. The first-order chi connectivity index (χ1) is 12.7. The second-order valence-corrected chi connectivity index (χ2v) is 5.67. The zero-order chi connectivity index (χ0) is 18.1. The Morgan fingerprint density at radius 3 is 2.73 bits per heavy atom. The molecule has 0 spiro atoms. The summed E-state index contributed by atoms with van der Waals surface area (Å²) in [7, 11) is 0. The summed E-state index contributed by atoms with van der Waals surface area (Å²) in [6.07, 6.45) is 1.57. The molecule has 2 N–H and O–H groups in total. The molecule has 26 heavy (non-hydrogen) atoms. The monoisotopic (exact) mass is 344 g/mol. The van der Waals surface area contributed by atoms with E-state index in [9.17, 15) is 9.59 Å². The molecule has 8 nitrogen and oxygen atoms in total. The number of H-pyrrole nitrogens is 2. The highest BCUT2D eigenvalue weighted by molar-refractivity contribution is 5.78. The summed E-state index contributed by atoms with van der Waals surface area (Å²) >= 11 is 0. The first kappa shape index (κ1) is 15.5. The third-order valence-electron chi connectivity index (χ3n) is 3.99. The number of nitrogens with one attached hydrogen (secondary N) is 2. The summed E-state index contributed by atoms with van der Waals surface area (Å²) in [5.74, 6) is 1.07. The minimum Gasteiger partial charge on any atom is -0.321 e. The van der Waals surface area contributed by atoms with Crippen LogP contribution in [0.4, 0.5) is 0 Å². The van der Waals surface area contributed by atoms with Crippen molar-refractivity contribution in [2.75, 3.05) is 0 Å². The molecule has 4 rings (SSSR count). The van der Waals surface area contributed by atoms with E-state index in [2.05, 4.69) is 20.2 Å². The Hall–Kier alpha value is -3.99. The highest BCUT2D eigenvalue weighted by Crippen LogP contribution is 2.13. The van der Waals surface area contributed by atoms with Crippen LogP contribution in [0.2, 0.25) is 0 Å². The zero-order valence-electron chi connectivity index (χ0n) is 13.4. The molecule has 126 valence electrons. The van der Waals surface area contributed by atoms with E-state index in [4.69, 9.17) is 5.26 Å². The van der Waals surface area contributed by atoms with Gasteiger partial charge in [-0.15, -0.1) is 0 Å². The number of hydrogen-bond acceptors (Lipinski definition) is 5. The van der Waals surface area contributed by atoms with E-state index >= 15 is 0 Å². The molecule has 0 bridgehead atoms. The van der Waals surface area contributed by atoms with Gasteiger partial charge in [-0.3, -0.25) is 14.7 Å². The van der Waals surface area contributed by atoms with Gasteiger partial charge in [-0.05, 0) is 12.1 Å². The van der Waals surface area contributed by atoms with Gasteiger partial charge in [0.1, 0.15) is 17.5 Å². The average molecular weight is 344 g/mol. The van der Waals surface area contributed by atoms with Crippen molar-refractivity contribution in [3.8, 4) is 17.5 Å². The number of nitriles is 1. The predicted octanol–water partition coefficient (Wildman–Crippen LogP) is 1.39. The lowest BCUT2D eigenvalue weighted by Crippen LogP contribution is -2.22. The smallest absolute Gasteiger partial charge is 0.266 e. The van der Waals surface area contributed by atoms with Crippen molar-refractivity contribution in [3.63, 3.8) is 0 Å². The van der Waals surface area contributed by atoms with Crippen molar-refractivity contribution < 1.29 is 0 Å². The first-order valence-corrected chi connectivity index (χ1v) is 7.79. The molecule has 3 heterocycles. The molecule has 0 aliphatic carbocycles. The van der Waals surface area contributed by atoms with Crippen LogP contribution in [0, 0.1) is 11.3 Å². The van der Waals surface area contributed by atoms with Crippen molar-refractivity contribution in [2.24, 2.45) is 0 Å². The SMILES string of the molecule is N#Cc1cc2c(=O)n(Cc3nc(-c4ccccc4)n[nH]3)ccc2[nH]c1=O. The minimum atomic E-state index is -0.514. The van der Waals surface area contributed by atoms with E-state index in [1.54, 1.807) is 18.3 Å². The van der Waals surface area contributed by atoms with Crippen LogP contribution in [0.1, 0.15) is 11.4 Å². The molecule has 0 unspecified atom stereocenters. The number of rotatable bonds is 3. The quantitative estimate of drug-likeness (QED) is 0.582. The maximum atomic E-state index is 12.7. The zero-order valence-corrected chi connectivity index (χ0v) is 13.4. The van der Waals surface area contributed by atoms with Gasteiger partial charge >= 0.3 is 0 Å². The molecule has 0 atom stereocenters. The molecular formula is C18H12N6O2. The summed E-state index contributed by atoms with van der Waals surface area (Å²) in [6.45, 7) is 0.190. The number of fused-ring (bicyclic) bond motifs is 1. The maximum Gasteiger partial charge on any atom is 0.266 e. The van der Waals surface area contributed by atoms with Gasteiger partial charge in [0.25, 0.3) is 11.1 Å². The molecule has 0 saturated heterocycles. The van der Waals surface area contributed by atoms with Crippen LogP contribution in [0.3, 0.4) is 0 Å². The molecule has 8 heteroatoms. The standard InChI is InChI=1S/C18H12N6O2/c19-9-12-8-13-14(20-17(12)25)6-7-24(18(13)26)10-15-21-16(23-22-15)11-4-2-1-3-5-11/h1-8H,10H2,(H,20,25)(H,21,22,23). The van der Waals surface area contributed by atoms with Crippen LogP contribution in [0.25, 0.3) is 22.3 Å². The fourth-order valence-electron chi connectivity index (χ4n) is 2.69. The summed E-state index contributed by atoms with van der Waals surface area (Å²) in [5.41, 5.74) is 0.320.